The fourth-order valence-electron chi connectivity index (χ4n) is 4.78. The van der Waals surface area contributed by atoms with Crippen molar-refractivity contribution in [3.63, 3.8) is 0 Å². The lowest BCUT2D eigenvalue weighted by Crippen LogP contribution is -2.47. The quantitative estimate of drug-likeness (QED) is 0.192. The fourth-order valence-corrected chi connectivity index (χ4v) is 4.78. The van der Waals surface area contributed by atoms with E-state index < -0.39 is 0 Å². The summed E-state index contributed by atoms with van der Waals surface area (Å²) < 4.78 is 0. The molecule has 1 fully saturated rings. The second kappa shape index (κ2) is 19.1. The maximum atomic E-state index is 12.5. The molecule has 2 N–H and O–H groups in total. The lowest BCUT2D eigenvalue weighted by atomic mass is 9.95. The molecule has 1 atom stereocenters. The van der Waals surface area contributed by atoms with Crippen LogP contribution in [0.15, 0.2) is 0 Å². The van der Waals surface area contributed by atoms with Gasteiger partial charge in [0.2, 0.25) is 0 Å². The molecule has 0 bridgehead atoms. The zero-order valence-corrected chi connectivity index (χ0v) is 21.5. The first-order chi connectivity index (χ1) is 15.0. The Morgan fingerprint density at radius 2 is 1.29 bits per heavy atom. The van der Waals surface area contributed by atoms with Gasteiger partial charge in [0.05, 0.1) is 12.6 Å². The molecule has 1 rings (SSSR count). The summed E-state index contributed by atoms with van der Waals surface area (Å²) in [4.78, 5) is 12.5. The Labute approximate surface area is 195 Å². The standard InChI is InChI=1S/C28H56N2O/c1-4-5-6-7-8-9-10-11-12-13-14-15-16-17-20-23-28(2,3)30-25-27(31)26-22-19-18-21-24-29-26/h26,29-30H,4-25H2,1-3H3. The van der Waals surface area contributed by atoms with Gasteiger partial charge < -0.3 is 10.6 Å². The Hall–Kier alpha value is -0.410. The van der Waals surface area contributed by atoms with Gasteiger partial charge in [0.1, 0.15) is 0 Å². The highest BCUT2D eigenvalue weighted by Crippen LogP contribution is 2.17. The largest absolute Gasteiger partial charge is 0.307 e. The number of hydrogen-bond donors (Lipinski definition) is 2. The summed E-state index contributed by atoms with van der Waals surface area (Å²) in [6, 6.07) is 0.0802. The summed E-state index contributed by atoms with van der Waals surface area (Å²) in [6.07, 6.45) is 27.0. The average Bonchev–Trinajstić information content (AvgIpc) is 3.04. The number of nitrogens with one attached hydrogen (secondary N) is 2. The summed E-state index contributed by atoms with van der Waals surface area (Å²) in [7, 11) is 0. The molecule has 31 heavy (non-hydrogen) atoms. The zero-order valence-electron chi connectivity index (χ0n) is 21.5. The van der Waals surface area contributed by atoms with E-state index >= 15 is 0 Å². The van der Waals surface area contributed by atoms with Gasteiger partial charge in [-0.15, -0.1) is 0 Å². The highest BCUT2D eigenvalue weighted by Gasteiger charge is 2.22. The topological polar surface area (TPSA) is 41.1 Å². The molecule has 0 aromatic carbocycles. The van der Waals surface area contributed by atoms with Gasteiger partial charge in [-0.2, -0.15) is 0 Å². The highest BCUT2D eigenvalue weighted by molar-refractivity contribution is 5.86. The zero-order chi connectivity index (χ0) is 22.6. The van der Waals surface area contributed by atoms with Gasteiger partial charge in [-0.05, 0) is 39.7 Å². The van der Waals surface area contributed by atoms with Crippen molar-refractivity contribution in [3.8, 4) is 0 Å². The van der Waals surface area contributed by atoms with Crippen LogP contribution >= 0.6 is 0 Å². The summed E-state index contributed by atoms with van der Waals surface area (Å²) in [5.41, 5.74) is 0.0664. The van der Waals surface area contributed by atoms with Crippen LogP contribution in [0.25, 0.3) is 0 Å². The number of carbonyl (C=O) groups excluding carboxylic acids is 1. The monoisotopic (exact) mass is 436 g/mol. The third kappa shape index (κ3) is 16.8. The predicted molar refractivity (Wildman–Crippen MR) is 137 cm³/mol. The van der Waals surface area contributed by atoms with E-state index in [2.05, 4.69) is 31.4 Å². The maximum Gasteiger partial charge on any atom is 0.163 e. The van der Waals surface area contributed by atoms with E-state index in [9.17, 15) is 4.79 Å². The maximum absolute atomic E-state index is 12.5. The molecular weight excluding hydrogens is 380 g/mol. The van der Waals surface area contributed by atoms with Crippen molar-refractivity contribution >= 4 is 5.78 Å². The lowest BCUT2D eigenvalue weighted by Gasteiger charge is -2.27. The minimum Gasteiger partial charge on any atom is -0.307 e. The van der Waals surface area contributed by atoms with Gasteiger partial charge in [-0.3, -0.25) is 4.79 Å². The fraction of sp³-hybridized carbons (Fsp3) is 0.964. The normalized spacial score (nSPS) is 17.6. The van der Waals surface area contributed by atoms with Gasteiger partial charge in [-0.1, -0.05) is 116 Å². The molecule has 1 unspecified atom stereocenters. The molecule has 1 aliphatic heterocycles. The molecule has 0 saturated carbocycles. The summed E-state index contributed by atoms with van der Waals surface area (Å²) in [5, 5.41) is 6.96. The van der Waals surface area contributed by atoms with Gasteiger partial charge in [0.15, 0.2) is 5.78 Å². The Balaban J connectivity index is 1.89. The molecule has 1 saturated heterocycles. The first-order valence-corrected chi connectivity index (χ1v) is 14.1. The molecule has 0 aliphatic carbocycles. The molecule has 1 heterocycles. The Bertz CT molecular complexity index is 413. The summed E-state index contributed by atoms with van der Waals surface area (Å²) in [5.74, 6) is 0.353. The van der Waals surface area contributed by atoms with Crippen molar-refractivity contribution in [2.75, 3.05) is 13.1 Å². The second-order valence-corrected chi connectivity index (χ2v) is 10.8. The molecule has 3 nitrogen and oxygen atoms in total. The van der Waals surface area contributed by atoms with Crippen LogP contribution in [-0.2, 0) is 4.79 Å². The van der Waals surface area contributed by atoms with E-state index in [1.54, 1.807) is 0 Å². The van der Waals surface area contributed by atoms with Crippen molar-refractivity contribution in [3.05, 3.63) is 0 Å². The minimum absolute atomic E-state index is 0.0664. The van der Waals surface area contributed by atoms with Crippen LogP contribution in [0.3, 0.4) is 0 Å². The van der Waals surface area contributed by atoms with Crippen molar-refractivity contribution in [1.82, 2.24) is 10.6 Å². The van der Waals surface area contributed by atoms with Crippen molar-refractivity contribution < 1.29 is 4.79 Å². The number of ketones is 1. The molecule has 1 aliphatic rings. The van der Waals surface area contributed by atoms with E-state index in [0.29, 0.717) is 12.3 Å². The minimum atomic E-state index is 0.0664. The number of Topliss-reactive ketones (excluding diaryl/α,β-unsaturated/α-hetero) is 1. The van der Waals surface area contributed by atoms with E-state index in [1.165, 1.54) is 116 Å². The van der Waals surface area contributed by atoms with Gasteiger partial charge in [-0.25, -0.2) is 0 Å². The SMILES string of the molecule is CCCCCCCCCCCCCCCCCC(C)(C)NCC(=O)C1CCCCCN1. The van der Waals surface area contributed by atoms with E-state index in [1.807, 2.05) is 0 Å². The molecule has 0 amide bonds. The van der Waals surface area contributed by atoms with Crippen molar-refractivity contribution in [2.24, 2.45) is 0 Å². The van der Waals surface area contributed by atoms with Crippen LogP contribution in [0.2, 0.25) is 0 Å². The Morgan fingerprint density at radius 3 is 1.84 bits per heavy atom. The van der Waals surface area contributed by atoms with E-state index in [4.69, 9.17) is 0 Å². The van der Waals surface area contributed by atoms with E-state index in [-0.39, 0.29) is 11.6 Å². The van der Waals surface area contributed by atoms with Crippen LogP contribution in [0.5, 0.6) is 0 Å². The molecule has 0 radical (unpaired) electrons. The van der Waals surface area contributed by atoms with Crippen molar-refractivity contribution in [2.45, 2.75) is 161 Å². The second-order valence-electron chi connectivity index (χ2n) is 10.8. The Kier molecular flexibility index (Phi) is 17.6. The molecule has 0 aromatic rings. The highest BCUT2D eigenvalue weighted by atomic mass is 16.1. The van der Waals surface area contributed by atoms with Crippen LogP contribution < -0.4 is 10.6 Å². The first kappa shape index (κ1) is 28.6. The van der Waals surface area contributed by atoms with Crippen LogP contribution in [-0.4, -0.2) is 30.5 Å². The van der Waals surface area contributed by atoms with Crippen LogP contribution in [0, 0.1) is 0 Å². The van der Waals surface area contributed by atoms with Crippen LogP contribution in [0.1, 0.15) is 149 Å². The smallest absolute Gasteiger partial charge is 0.163 e. The third-order valence-electron chi connectivity index (χ3n) is 7.10. The Morgan fingerprint density at radius 1 is 0.774 bits per heavy atom. The molecule has 3 heteroatoms. The third-order valence-corrected chi connectivity index (χ3v) is 7.10. The van der Waals surface area contributed by atoms with Gasteiger partial charge >= 0.3 is 0 Å². The molecule has 0 aromatic heterocycles. The summed E-state index contributed by atoms with van der Waals surface area (Å²) >= 11 is 0. The molecular formula is C28H56N2O. The van der Waals surface area contributed by atoms with Crippen molar-refractivity contribution in [1.29, 1.82) is 0 Å². The molecule has 184 valence electrons. The number of carbonyl (C=O) groups is 1. The average molecular weight is 437 g/mol. The van der Waals surface area contributed by atoms with Crippen LogP contribution in [0.4, 0.5) is 0 Å². The summed E-state index contributed by atoms with van der Waals surface area (Å²) in [6.45, 7) is 8.32. The number of unbranched alkanes of at least 4 members (excludes halogenated alkanes) is 14. The van der Waals surface area contributed by atoms with E-state index in [0.717, 1.165) is 19.4 Å². The number of hydrogen-bond acceptors (Lipinski definition) is 3. The lowest BCUT2D eigenvalue weighted by molar-refractivity contribution is -0.120. The van der Waals surface area contributed by atoms with Gasteiger partial charge in [0, 0.05) is 5.54 Å². The first-order valence-electron chi connectivity index (χ1n) is 14.1. The van der Waals surface area contributed by atoms with Gasteiger partial charge in [0.25, 0.3) is 0 Å². The predicted octanol–water partition coefficient (Wildman–Crippen LogP) is 7.72. The number of rotatable bonds is 20. The molecule has 0 spiro atoms.